The molecule has 0 radical (unpaired) electrons. The van der Waals surface area contributed by atoms with E-state index in [9.17, 15) is 19.7 Å². The minimum absolute atomic E-state index is 0.0846. The van der Waals surface area contributed by atoms with Gasteiger partial charge in [0.25, 0.3) is 17.5 Å². The molecular weight excluding hydrogens is 320 g/mol. The molecule has 0 bridgehead atoms. The number of imide groups is 1. The first-order valence-electron chi connectivity index (χ1n) is 7.48. The number of hydrogen-bond acceptors (Lipinski definition) is 4. The number of amides is 2. The van der Waals surface area contributed by atoms with Gasteiger partial charge in [0.05, 0.1) is 10.5 Å². The Labute approximate surface area is 138 Å². The van der Waals surface area contributed by atoms with Gasteiger partial charge in [-0.15, -0.1) is 0 Å². The number of nitro benzene ring substituents is 1. The van der Waals surface area contributed by atoms with Gasteiger partial charge in [-0.1, -0.05) is 37.8 Å². The molecule has 6 nitrogen and oxygen atoms in total. The molecule has 1 aliphatic rings. The van der Waals surface area contributed by atoms with Gasteiger partial charge in [0.1, 0.15) is 5.03 Å². The molecule has 0 unspecified atom stereocenters. The van der Waals surface area contributed by atoms with Crippen LogP contribution < -0.4 is 0 Å². The van der Waals surface area contributed by atoms with E-state index in [-0.39, 0.29) is 16.3 Å². The Morgan fingerprint density at radius 2 is 1.74 bits per heavy atom. The highest BCUT2D eigenvalue weighted by Gasteiger charge is 2.37. The third kappa shape index (κ3) is 3.59. The Kier molecular flexibility index (Phi) is 5.50. The predicted molar refractivity (Wildman–Crippen MR) is 86.7 cm³/mol. The van der Waals surface area contributed by atoms with Gasteiger partial charge in [-0.25, -0.2) is 0 Å². The number of rotatable bonds is 7. The molecule has 2 amide bonds. The Balaban J connectivity index is 2.17. The number of halogens is 1. The van der Waals surface area contributed by atoms with E-state index in [1.807, 2.05) is 0 Å². The van der Waals surface area contributed by atoms with E-state index >= 15 is 0 Å². The van der Waals surface area contributed by atoms with E-state index in [0.717, 1.165) is 30.6 Å². The van der Waals surface area contributed by atoms with Crippen LogP contribution in [0.25, 0.3) is 5.57 Å². The average Bonchev–Trinajstić information content (AvgIpc) is 2.74. The minimum Gasteiger partial charge on any atom is -0.274 e. The number of unbranched alkanes of at least 4 members (excludes halogenated alkanes) is 3. The number of non-ortho nitro benzene ring substituents is 1. The number of carbonyl (C=O) groups excluding carboxylic acids is 2. The lowest BCUT2D eigenvalue weighted by molar-refractivity contribution is -0.384. The topological polar surface area (TPSA) is 80.5 Å². The molecule has 0 saturated heterocycles. The minimum atomic E-state index is -0.526. The van der Waals surface area contributed by atoms with Crippen molar-refractivity contribution in [1.29, 1.82) is 0 Å². The van der Waals surface area contributed by atoms with Gasteiger partial charge in [0.2, 0.25) is 0 Å². The van der Waals surface area contributed by atoms with Gasteiger partial charge in [-0.2, -0.15) is 0 Å². The summed E-state index contributed by atoms with van der Waals surface area (Å²) in [4.78, 5) is 35.9. The summed E-state index contributed by atoms with van der Waals surface area (Å²) < 4.78 is 0. The quantitative estimate of drug-likeness (QED) is 0.330. The molecule has 0 spiro atoms. The monoisotopic (exact) mass is 336 g/mol. The van der Waals surface area contributed by atoms with Gasteiger partial charge in [-0.05, 0) is 24.1 Å². The summed E-state index contributed by atoms with van der Waals surface area (Å²) in [5.41, 5.74) is 0.440. The van der Waals surface area contributed by atoms with E-state index in [0.29, 0.717) is 12.1 Å². The predicted octanol–water partition coefficient (Wildman–Crippen LogP) is 3.49. The third-order valence-corrected chi connectivity index (χ3v) is 4.06. The molecule has 0 fully saturated rings. The molecule has 1 heterocycles. The molecule has 0 atom stereocenters. The fourth-order valence-electron chi connectivity index (χ4n) is 2.45. The van der Waals surface area contributed by atoms with Crippen LogP contribution in [-0.2, 0) is 9.59 Å². The number of hydrogen-bond donors (Lipinski definition) is 0. The summed E-state index contributed by atoms with van der Waals surface area (Å²) in [7, 11) is 0. The number of carbonyl (C=O) groups is 2. The molecule has 0 saturated carbocycles. The highest BCUT2D eigenvalue weighted by Crippen LogP contribution is 2.32. The molecule has 23 heavy (non-hydrogen) atoms. The first-order chi connectivity index (χ1) is 11.0. The first kappa shape index (κ1) is 17.1. The van der Waals surface area contributed by atoms with E-state index in [1.165, 1.54) is 24.3 Å². The molecule has 7 heteroatoms. The molecule has 2 rings (SSSR count). The van der Waals surface area contributed by atoms with Gasteiger partial charge < -0.3 is 0 Å². The van der Waals surface area contributed by atoms with E-state index in [2.05, 4.69) is 6.92 Å². The molecule has 0 aliphatic carbocycles. The van der Waals surface area contributed by atoms with Crippen LogP contribution >= 0.6 is 11.6 Å². The van der Waals surface area contributed by atoms with Gasteiger partial charge in [0, 0.05) is 18.7 Å². The van der Waals surface area contributed by atoms with Crippen molar-refractivity contribution in [2.24, 2.45) is 0 Å². The van der Waals surface area contributed by atoms with Crippen molar-refractivity contribution in [2.45, 2.75) is 32.6 Å². The van der Waals surface area contributed by atoms with E-state index < -0.39 is 16.7 Å². The van der Waals surface area contributed by atoms with Crippen LogP contribution in [0.3, 0.4) is 0 Å². The second-order valence-corrected chi connectivity index (χ2v) is 5.69. The van der Waals surface area contributed by atoms with Crippen LogP contribution in [0, 0.1) is 10.1 Å². The highest BCUT2D eigenvalue weighted by atomic mass is 35.5. The van der Waals surface area contributed by atoms with Crippen LogP contribution in [0.5, 0.6) is 0 Å². The van der Waals surface area contributed by atoms with Crippen molar-refractivity contribution < 1.29 is 14.5 Å². The summed E-state index contributed by atoms with van der Waals surface area (Å²) in [5, 5.41) is 10.6. The van der Waals surface area contributed by atoms with E-state index in [1.54, 1.807) is 0 Å². The summed E-state index contributed by atoms with van der Waals surface area (Å²) in [5.74, 6) is -0.938. The van der Waals surface area contributed by atoms with Crippen molar-refractivity contribution in [3.05, 3.63) is 45.0 Å². The van der Waals surface area contributed by atoms with Crippen molar-refractivity contribution >= 4 is 34.7 Å². The van der Waals surface area contributed by atoms with Crippen molar-refractivity contribution in [1.82, 2.24) is 4.90 Å². The lowest BCUT2D eigenvalue weighted by Gasteiger charge is -2.14. The van der Waals surface area contributed by atoms with E-state index in [4.69, 9.17) is 11.6 Å². The standard InChI is InChI=1S/C16H17ClN2O4/c1-2-3-4-5-10-18-15(20)13(14(17)16(18)21)11-6-8-12(9-7-11)19(22)23/h6-9H,2-5,10H2,1H3. The Bertz CT molecular complexity index is 667. The summed E-state index contributed by atoms with van der Waals surface area (Å²) in [6, 6.07) is 5.44. The van der Waals surface area contributed by atoms with Crippen molar-refractivity contribution in [3.8, 4) is 0 Å². The zero-order valence-electron chi connectivity index (χ0n) is 12.8. The molecule has 0 aromatic heterocycles. The van der Waals surface area contributed by atoms with Crippen LogP contribution in [0.15, 0.2) is 29.3 Å². The largest absolute Gasteiger partial charge is 0.274 e. The second kappa shape index (κ2) is 7.37. The van der Waals surface area contributed by atoms with Gasteiger partial charge in [0.15, 0.2) is 0 Å². The Morgan fingerprint density at radius 3 is 2.30 bits per heavy atom. The Morgan fingerprint density at radius 1 is 1.09 bits per heavy atom. The average molecular weight is 337 g/mol. The fraction of sp³-hybridized carbons (Fsp3) is 0.375. The van der Waals surface area contributed by atoms with Crippen molar-refractivity contribution in [2.75, 3.05) is 6.54 Å². The molecule has 1 aliphatic heterocycles. The maximum atomic E-state index is 12.4. The molecule has 0 N–H and O–H groups in total. The normalized spacial score (nSPS) is 14.8. The zero-order chi connectivity index (χ0) is 17.0. The van der Waals surface area contributed by atoms with Crippen molar-refractivity contribution in [3.63, 3.8) is 0 Å². The maximum Gasteiger partial charge on any atom is 0.273 e. The molecule has 1 aromatic carbocycles. The van der Waals surface area contributed by atoms with Crippen LogP contribution in [0.2, 0.25) is 0 Å². The number of benzene rings is 1. The SMILES string of the molecule is CCCCCCN1C(=O)C(Cl)=C(c2ccc([N+](=O)[O-])cc2)C1=O. The lowest BCUT2D eigenvalue weighted by atomic mass is 10.1. The summed E-state index contributed by atoms with van der Waals surface area (Å²) in [6.45, 7) is 2.42. The van der Waals surface area contributed by atoms with Crippen LogP contribution in [0.1, 0.15) is 38.2 Å². The fourth-order valence-corrected chi connectivity index (χ4v) is 2.74. The molecule has 1 aromatic rings. The second-order valence-electron chi connectivity index (χ2n) is 5.32. The van der Waals surface area contributed by atoms with Gasteiger partial charge in [-0.3, -0.25) is 24.6 Å². The lowest BCUT2D eigenvalue weighted by Crippen LogP contribution is -2.32. The van der Waals surface area contributed by atoms with Gasteiger partial charge >= 0.3 is 0 Å². The van der Waals surface area contributed by atoms with Crippen LogP contribution in [0.4, 0.5) is 5.69 Å². The molecular formula is C16H17ClN2O4. The number of nitrogens with zero attached hydrogens (tertiary/aromatic N) is 2. The Hall–Kier alpha value is -2.21. The zero-order valence-corrected chi connectivity index (χ0v) is 13.5. The summed E-state index contributed by atoms with van der Waals surface area (Å²) in [6.07, 6.45) is 3.79. The highest BCUT2D eigenvalue weighted by molar-refractivity contribution is 6.55. The molecule has 122 valence electrons. The summed E-state index contributed by atoms with van der Waals surface area (Å²) >= 11 is 6.03. The first-order valence-corrected chi connectivity index (χ1v) is 7.86. The van der Waals surface area contributed by atoms with Crippen LogP contribution in [-0.4, -0.2) is 28.2 Å². The third-order valence-electron chi connectivity index (χ3n) is 3.71. The smallest absolute Gasteiger partial charge is 0.273 e. The maximum absolute atomic E-state index is 12.4. The number of nitro groups is 1.